The summed E-state index contributed by atoms with van der Waals surface area (Å²) < 4.78 is 4.92. The van der Waals surface area contributed by atoms with E-state index in [1.54, 1.807) is 13.8 Å². The van der Waals surface area contributed by atoms with Gasteiger partial charge in [0.05, 0.1) is 0 Å². The molecule has 3 unspecified atom stereocenters. The van der Waals surface area contributed by atoms with Crippen molar-refractivity contribution in [3.8, 4) is 0 Å². The first-order valence-electron chi connectivity index (χ1n) is 5.02. The Morgan fingerprint density at radius 3 is 2.44 bits per heavy atom. The maximum absolute atomic E-state index is 10.9. The van der Waals surface area contributed by atoms with Crippen LogP contribution in [0.4, 0.5) is 0 Å². The van der Waals surface area contributed by atoms with Crippen molar-refractivity contribution in [2.45, 2.75) is 32.5 Å². The van der Waals surface area contributed by atoms with Gasteiger partial charge in [0.2, 0.25) is 0 Å². The fraction of sp³-hybridized carbons (Fsp3) is 0.800. The second-order valence-electron chi connectivity index (χ2n) is 4.58. The highest BCUT2D eigenvalue weighted by atomic mass is 16.6. The van der Waals surface area contributed by atoms with Crippen LogP contribution in [0.1, 0.15) is 20.3 Å². The monoisotopic (exact) mass is 232 g/mol. The van der Waals surface area contributed by atoms with Gasteiger partial charge in [-0.3, -0.25) is 0 Å². The number of aliphatic hydroxyl groups is 2. The van der Waals surface area contributed by atoms with Crippen molar-refractivity contribution in [2.75, 3.05) is 6.61 Å². The molecule has 0 spiro atoms. The van der Waals surface area contributed by atoms with Gasteiger partial charge in [-0.25, -0.2) is 9.59 Å². The van der Waals surface area contributed by atoms with Crippen molar-refractivity contribution in [3.63, 3.8) is 0 Å². The minimum atomic E-state index is -1.45. The number of carbonyl (C=O) groups is 2. The van der Waals surface area contributed by atoms with Crippen LogP contribution in [0.5, 0.6) is 0 Å². The van der Waals surface area contributed by atoms with E-state index >= 15 is 0 Å². The molecule has 0 amide bonds. The van der Waals surface area contributed by atoms with Crippen LogP contribution in [0.25, 0.3) is 0 Å². The van der Waals surface area contributed by atoms with E-state index in [2.05, 4.69) is 0 Å². The third kappa shape index (κ3) is 2.17. The average Bonchev–Trinajstić information content (AvgIpc) is 2.22. The predicted molar refractivity (Wildman–Crippen MR) is 52.5 cm³/mol. The number of rotatable bonds is 4. The highest BCUT2D eigenvalue weighted by Crippen LogP contribution is 2.49. The summed E-state index contributed by atoms with van der Waals surface area (Å²) in [5.41, 5.74) is -0.595. The minimum absolute atomic E-state index is 0.298. The number of ether oxygens (including phenoxy) is 1. The third-order valence-electron chi connectivity index (χ3n) is 3.29. The smallest absolute Gasteiger partial charge is 0.332 e. The quantitative estimate of drug-likeness (QED) is 0.558. The van der Waals surface area contributed by atoms with Crippen LogP contribution in [0.15, 0.2) is 0 Å². The number of aliphatic hydroxyl groups excluding tert-OH is 2. The van der Waals surface area contributed by atoms with Crippen LogP contribution in [0.2, 0.25) is 0 Å². The molecule has 1 aliphatic carbocycles. The third-order valence-corrected chi connectivity index (χ3v) is 3.29. The van der Waals surface area contributed by atoms with Gasteiger partial charge in [-0.1, -0.05) is 13.8 Å². The first-order chi connectivity index (χ1) is 7.30. The Bertz CT molecular complexity index is 298. The second-order valence-corrected chi connectivity index (χ2v) is 4.58. The molecule has 6 nitrogen and oxygen atoms in total. The second kappa shape index (κ2) is 4.39. The molecular weight excluding hydrogens is 216 g/mol. The Morgan fingerprint density at radius 1 is 1.50 bits per heavy atom. The van der Waals surface area contributed by atoms with Crippen molar-refractivity contribution in [3.05, 3.63) is 0 Å². The summed E-state index contributed by atoms with van der Waals surface area (Å²) in [6, 6.07) is 0. The molecule has 0 aromatic rings. The van der Waals surface area contributed by atoms with Crippen LogP contribution in [-0.2, 0) is 14.3 Å². The fourth-order valence-electron chi connectivity index (χ4n) is 2.02. The van der Waals surface area contributed by atoms with Gasteiger partial charge in [-0.2, -0.15) is 0 Å². The van der Waals surface area contributed by atoms with Crippen LogP contribution in [0.3, 0.4) is 0 Å². The lowest BCUT2D eigenvalue weighted by molar-refractivity contribution is -0.196. The molecule has 1 saturated carbocycles. The zero-order chi connectivity index (χ0) is 12.5. The number of carbonyl (C=O) groups excluding carboxylic acids is 1. The molecule has 0 radical (unpaired) electrons. The van der Waals surface area contributed by atoms with Crippen molar-refractivity contribution < 1.29 is 29.6 Å². The molecule has 3 atom stereocenters. The Labute approximate surface area is 92.8 Å². The summed E-state index contributed by atoms with van der Waals surface area (Å²) in [5, 5.41) is 26.6. The number of hydrogen-bond acceptors (Lipinski definition) is 5. The lowest BCUT2D eigenvalue weighted by atomic mass is 9.58. The summed E-state index contributed by atoms with van der Waals surface area (Å²) >= 11 is 0. The lowest BCUT2D eigenvalue weighted by Gasteiger charge is -2.51. The molecule has 0 saturated heterocycles. The number of carboxylic acid groups (broad SMARTS) is 1. The summed E-state index contributed by atoms with van der Waals surface area (Å²) in [6.45, 7) is 2.75. The zero-order valence-corrected chi connectivity index (χ0v) is 9.21. The maximum Gasteiger partial charge on any atom is 0.332 e. The Kier molecular flexibility index (Phi) is 3.54. The van der Waals surface area contributed by atoms with Gasteiger partial charge in [-0.05, 0) is 6.42 Å². The summed E-state index contributed by atoms with van der Waals surface area (Å²) in [5.74, 6) is -2.45. The van der Waals surface area contributed by atoms with Crippen molar-refractivity contribution in [1.29, 1.82) is 0 Å². The summed E-state index contributed by atoms with van der Waals surface area (Å²) in [4.78, 5) is 21.5. The van der Waals surface area contributed by atoms with E-state index in [9.17, 15) is 14.7 Å². The molecular formula is C10H16O6. The zero-order valence-electron chi connectivity index (χ0n) is 9.21. The molecule has 3 N–H and O–H groups in total. The molecule has 0 heterocycles. The van der Waals surface area contributed by atoms with Crippen molar-refractivity contribution in [1.82, 2.24) is 0 Å². The van der Waals surface area contributed by atoms with E-state index in [0.29, 0.717) is 6.42 Å². The summed E-state index contributed by atoms with van der Waals surface area (Å²) in [7, 11) is 0. The number of esters is 1. The van der Waals surface area contributed by atoms with E-state index in [0.717, 1.165) is 0 Å². The minimum Gasteiger partial charge on any atom is -0.479 e. The Morgan fingerprint density at radius 2 is 2.06 bits per heavy atom. The van der Waals surface area contributed by atoms with Gasteiger partial charge in [0.25, 0.3) is 0 Å². The van der Waals surface area contributed by atoms with Gasteiger partial charge in [0, 0.05) is 11.3 Å². The standard InChI is InChI=1S/C10H16O6/c1-10(2)5(8(13)9(14)15)3-6(10)16-7(12)4-11/h5-6,8,11,13H,3-4H2,1-2H3,(H,14,15). The SMILES string of the molecule is CC1(C)C(OC(=O)CO)CC1C(O)C(=O)O. The molecule has 0 aromatic carbocycles. The van der Waals surface area contributed by atoms with Gasteiger partial charge < -0.3 is 20.1 Å². The Hall–Kier alpha value is -1.14. The van der Waals surface area contributed by atoms with Gasteiger partial charge in [0.1, 0.15) is 12.7 Å². The van der Waals surface area contributed by atoms with Crippen molar-refractivity contribution >= 4 is 11.9 Å². The molecule has 0 aromatic heterocycles. The molecule has 1 rings (SSSR count). The van der Waals surface area contributed by atoms with E-state index in [-0.39, 0.29) is 0 Å². The molecule has 0 aliphatic heterocycles. The molecule has 0 bridgehead atoms. The van der Waals surface area contributed by atoms with Crippen LogP contribution >= 0.6 is 0 Å². The molecule has 92 valence electrons. The summed E-state index contributed by atoms with van der Waals surface area (Å²) in [6.07, 6.45) is -1.60. The molecule has 1 fully saturated rings. The molecule has 6 heteroatoms. The van der Waals surface area contributed by atoms with Gasteiger partial charge >= 0.3 is 11.9 Å². The largest absolute Gasteiger partial charge is 0.479 e. The van der Waals surface area contributed by atoms with Gasteiger partial charge in [0.15, 0.2) is 6.10 Å². The van der Waals surface area contributed by atoms with Gasteiger partial charge in [-0.15, -0.1) is 0 Å². The predicted octanol–water partition coefficient (Wildman–Crippen LogP) is -0.618. The van der Waals surface area contributed by atoms with E-state index in [1.807, 2.05) is 0 Å². The topological polar surface area (TPSA) is 104 Å². The van der Waals surface area contributed by atoms with E-state index in [4.69, 9.17) is 14.9 Å². The number of hydrogen-bond donors (Lipinski definition) is 3. The average molecular weight is 232 g/mol. The number of aliphatic carboxylic acids is 1. The van der Waals surface area contributed by atoms with E-state index < -0.39 is 42.1 Å². The number of carboxylic acids is 1. The maximum atomic E-state index is 10.9. The molecule has 1 aliphatic rings. The first-order valence-corrected chi connectivity index (χ1v) is 5.02. The van der Waals surface area contributed by atoms with Crippen molar-refractivity contribution in [2.24, 2.45) is 11.3 Å². The molecule has 16 heavy (non-hydrogen) atoms. The van der Waals surface area contributed by atoms with Crippen LogP contribution < -0.4 is 0 Å². The van der Waals surface area contributed by atoms with Crippen LogP contribution in [0, 0.1) is 11.3 Å². The fourth-order valence-corrected chi connectivity index (χ4v) is 2.02. The highest BCUT2D eigenvalue weighted by Gasteiger charge is 2.55. The highest BCUT2D eigenvalue weighted by molar-refractivity contribution is 5.73. The van der Waals surface area contributed by atoms with Crippen LogP contribution in [-0.4, -0.2) is 46.1 Å². The first kappa shape index (κ1) is 12.9. The normalized spacial score (nSPS) is 29.0. The Balaban J connectivity index is 2.59. The van der Waals surface area contributed by atoms with E-state index in [1.165, 1.54) is 0 Å². The lowest BCUT2D eigenvalue weighted by Crippen LogP contribution is -2.57.